The monoisotopic (exact) mass is 433 g/mol. The second-order valence-corrected chi connectivity index (χ2v) is 10.8. The maximum Gasteiger partial charge on any atom is 0.243 e. The Kier molecular flexibility index (Phi) is 9.41. The van der Waals surface area contributed by atoms with E-state index in [0.717, 1.165) is 50.7 Å². The zero-order valence-electron chi connectivity index (χ0n) is 18.6. The molecule has 0 N–H and O–H groups in total. The molecule has 1 fully saturated rings. The van der Waals surface area contributed by atoms with E-state index >= 15 is 0 Å². The first kappa shape index (κ1) is 23.5. The van der Waals surface area contributed by atoms with Crippen molar-refractivity contribution < 1.29 is 13.2 Å². The molecule has 1 heterocycles. The molecule has 0 amide bonds. The lowest BCUT2D eigenvalue weighted by atomic mass is 9.92. The molecule has 4 nitrogen and oxygen atoms in total. The Bertz CT molecular complexity index is 757. The molecule has 0 aromatic heterocycles. The summed E-state index contributed by atoms with van der Waals surface area (Å²) in [4.78, 5) is 0.389. The Hall–Kier alpha value is -1.17. The number of fused-ring (bicyclic) bond motifs is 1. The van der Waals surface area contributed by atoms with Gasteiger partial charge in [0.1, 0.15) is 0 Å². The molecular formula is C25H39NO3S. The highest BCUT2D eigenvalue weighted by Gasteiger charge is 2.37. The largest absolute Gasteiger partial charge is 0.377 e. The van der Waals surface area contributed by atoms with Crippen LogP contribution in [0.3, 0.4) is 0 Å². The smallest absolute Gasteiger partial charge is 0.243 e. The fourth-order valence-electron chi connectivity index (χ4n) is 4.64. The zero-order valence-corrected chi connectivity index (χ0v) is 19.4. The molecule has 1 aromatic rings. The van der Waals surface area contributed by atoms with Gasteiger partial charge in [-0.05, 0) is 51.2 Å². The van der Waals surface area contributed by atoms with Crippen LogP contribution < -0.4 is 0 Å². The van der Waals surface area contributed by atoms with Gasteiger partial charge in [-0.2, -0.15) is 4.31 Å². The van der Waals surface area contributed by atoms with E-state index in [9.17, 15) is 8.42 Å². The third-order valence-electron chi connectivity index (χ3n) is 6.46. The van der Waals surface area contributed by atoms with Gasteiger partial charge >= 0.3 is 0 Å². The lowest BCUT2D eigenvalue weighted by Crippen LogP contribution is -2.49. The van der Waals surface area contributed by atoms with Crippen molar-refractivity contribution in [2.45, 2.75) is 101 Å². The highest BCUT2D eigenvalue weighted by Crippen LogP contribution is 2.30. The van der Waals surface area contributed by atoms with Crippen molar-refractivity contribution in [3.05, 3.63) is 42.0 Å². The van der Waals surface area contributed by atoms with Gasteiger partial charge in [-0.25, -0.2) is 8.42 Å². The van der Waals surface area contributed by atoms with E-state index in [1.807, 2.05) is 19.1 Å². The van der Waals surface area contributed by atoms with Gasteiger partial charge in [0.15, 0.2) is 0 Å². The summed E-state index contributed by atoms with van der Waals surface area (Å²) in [6.45, 7) is 3.16. The number of rotatable bonds is 2. The van der Waals surface area contributed by atoms with Crippen LogP contribution in [0.25, 0.3) is 0 Å². The van der Waals surface area contributed by atoms with E-state index in [2.05, 4.69) is 12.2 Å². The molecule has 1 aliphatic heterocycles. The number of benzene rings is 1. The zero-order chi connectivity index (χ0) is 21.2. The van der Waals surface area contributed by atoms with E-state index < -0.39 is 10.0 Å². The minimum absolute atomic E-state index is 0.000259. The Morgan fingerprint density at radius 1 is 0.833 bits per heavy atom. The van der Waals surface area contributed by atoms with Crippen LogP contribution in [0.15, 0.2) is 41.3 Å². The number of sulfonamides is 1. The molecule has 1 aromatic carbocycles. The van der Waals surface area contributed by atoms with E-state index in [1.54, 1.807) is 16.4 Å². The lowest BCUT2D eigenvalue weighted by Gasteiger charge is -2.38. The number of hydrogen-bond acceptors (Lipinski definition) is 3. The molecule has 3 rings (SSSR count). The fourth-order valence-corrected chi connectivity index (χ4v) is 6.27. The van der Waals surface area contributed by atoms with Crippen LogP contribution in [0.1, 0.15) is 82.6 Å². The van der Waals surface area contributed by atoms with E-state index in [1.165, 1.54) is 38.5 Å². The van der Waals surface area contributed by atoms with Gasteiger partial charge in [0.2, 0.25) is 10.0 Å². The van der Waals surface area contributed by atoms with Crippen LogP contribution in [-0.4, -0.2) is 38.0 Å². The predicted octanol–water partition coefficient (Wildman–Crippen LogP) is 6.00. The molecule has 0 bridgehead atoms. The van der Waals surface area contributed by atoms with Crippen molar-refractivity contribution in [3.63, 3.8) is 0 Å². The highest BCUT2D eigenvalue weighted by atomic mass is 32.2. The second kappa shape index (κ2) is 12.0. The molecule has 168 valence electrons. The third-order valence-corrected chi connectivity index (χ3v) is 8.37. The second-order valence-electron chi connectivity index (χ2n) is 8.88. The molecule has 5 heteroatoms. The van der Waals surface area contributed by atoms with Gasteiger partial charge in [0, 0.05) is 13.2 Å². The van der Waals surface area contributed by atoms with Gasteiger partial charge < -0.3 is 4.74 Å². The van der Waals surface area contributed by atoms with Crippen LogP contribution >= 0.6 is 0 Å². The van der Waals surface area contributed by atoms with Crippen LogP contribution in [0.5, 0.6) is 0 Å². The van der Waals surface area contributed by atoms with E-state index in [-0.39, 0.29) is 12.1 Å². The molecule has 0 radical (unpaired) electrons. The van der Waals surface area contributed by atoms with E-state index in [4.69, 9.17) is 4.74 Å². The standard InChI is InChI=1S/C25H39NO3S/c1-22-16-18-23(19-17-22)30(27,28)26-20-12-8-6-4-2-3-5-7-9-13-21-29-25-15-11-10-14-24(25)26/h8,12,16-19,24-25H,2-7,9-11,13-15,20-21H2,1H3/b12-8-/t24-,25-/m1/s1. The summed E-state index contributed by atoms with van der Waals surface area (Å²) in [6.07, 6.45) is 17.9. The summed E-state index contributed by atoms with van der Waals surface area (Å²) < 4.78 is 35.3. The number of ether oxygens (including phenoxy) is 1. The summed E-state index contributed by atoms with van der Waals surface area (Å²) in [7, 11) is -3.57. The van der Waals surface area contributed by atoms with Crippen LogP contribution in [0.2, 0.25) is 0 Å². The summed E-state index contributed by atoms with van der Waals surface area (Å²) in [5.41, 5.74) is 1.07. The molecule has 1 saturated carbocycles. The van der Waals surface area contributed by atoms with Gasteiger partial charge in [-0.1, -0.05) is 74.8 Å². The Balaban J connectivity index is 1.84. The number of aryl methyl sites for hydroxylation is 1. The minimum Gasteiger partial charge on any atom is -0.377 e. The quantitative estimate of drug-likeness (QED) is 0.537. The number of nitrogens with zero attached hydrogens (tertiary/aromatic N) is 1. The van der Waals surface area contributed by atoms with Gasteiger partial charge in [-0.15, -0.1) is 0 Å². The van der Waals surface area contributed by atoms with Crippen molar-refractivity contribution in [1.29, 1.82) is 0 Å². The van der Waals surface area contributed by atoms with Crippen molar-refractivity contribution in [2.24, 2.45) is 0 Å². The third kappa shape index (κ3) is 6.66. The van der Waals surface area contributed by atoms with Crippen LogP contribution in [-0.2, 0) is 14.8 Å². The minimum atomic E-state index is -3.57. The summed E-state index contributed by atoms with van der Waals surface area (Å²) in [5.74, 6) is 0. The van der Waals surface area contributed by atoms with Gasteiger partial charge in [-0.3, -0.25) is 0 Å². The summed E-state index contributed by atoms with van der Waals surface area (Å²) in [5, 5.41) is 0. The first-order chi connectivity index (χ1) is 14.6. The average molecular weight is 434 g/mol. The molecule has 2 atom stereocenters. The molecule has 2 aliphatic rings. The fraction of sp³-hybridized carbons (Fsp3) is 0.680. The average Bonchev–Trinajstić information content (AvgIpc) is 2.74. The lowest BCUT2D eigenvalue weighted by molar-refractivity contribution is -0.0150. The topological polar surface area (TPSA) is 46.6 Å². The van der Waals surface area contributed by atoms with E-state index in [0.29, 0.717) is 11.4 Å². The van der Waals surface area contributed by atoms with Crippen LogP contribution in [0, 0.1) is 6.92 Å². The van der Waals surface area contributed by atoms with Crippen LogP contribution in [0.4, 0.5) is 0 Å². The van der Waals surface area contributed by atoms with Crippen molar-refractivity contribution >= 4 is 10.0 Å². The molecule has 1 aliphatic carbocycles. The summed E-state index contributed by atoms with van der Waals surface area (Å²) in [6, 6.07) is 7.17. The Morgan fingerprint density at radius 2 is 1.50 bits per heavy atom. The van der Waals surface area contributed by atoms with Gasteiger partial charge in [0.05, 0.1) is 17.0 Å². The highest BCUT2D eigenvalue weighted by molar-refractivity contribution is 7.89. The maximum absolute atomic E-state index is 13.6. The summed E-state index contributed by atoms with van der Waals surface area (Å²) >= 11 is 0. The number of hydrogen-bond donors (Lipinski definition) is 0. The molecule has 0 spiro atoms. The Morgan fingerprint density at radius 3 is 2.27 bits per heavy atom. The SMILES string of the molecule is Cc1ccc(S(=O)(=O)N2C/C=C\CCCCCCCCCO[C@@H]3CCCC[C@H]32)cc1. The normalized spacial score (nSPS) is 27.2. The molecule has 0 saturated heterocycles. The molecule has 30 heavy (non-hydrogen) atoms. The maximum atomic E-state index is 13.6. The number of allylic oxidation sites excluding steroid dienone is 1. The van der Waals surface area contributed by atoms with Crippen molar-refractivity contribution in [2.75, 3.05) is 13.2 Å². The van der Waals surface area contributed by atoms with Crippen molar-refractivity contribution in [1.82, 2.24) is 4.31 Å². The first-order valence-corrected chi connectivity index (χ1v) is 13.4. The molecular weight excluding hydrogens is 394 g/mol. The van der Waals surface area contributed by atoms with Gasteiger partial charge in [0.25, 0.3) is 0 Å². The van der Waals surface area contributed by atoms with Crippen molar-refractivity contribution in [3.8, 4) is 0 Å². The first-order valence-electron chi connectivity index (χ1n) is 11.9. The predicted molar refractivity (Wildman–Crippen MR) is 123 cm³/mol. The Labute approximate surface area is 183 Å². The molecule has 0 unspecified atom stereocenters.